The molecule has 1 rings (SSSR count). The van der Waals surface area contributed by atoms with Crippen molar-refractivity contribution in [1.82, 2.24) is 16.5 Å². The highest BCUT2D eigenvalue weighted by Crippen LogP contribution is 2.09. The lowest BCUT2D eigenvalue weighted by atomic mass is 10.2. The highest BCUT2D eigenvalue weighted by molar-refractivity contribution is 4.83. The average Bonchev–Trinajstić information content (AvgIpc) is 1.96. The predicted octanol–water partition coefficient (Wildman–Crippen LogP) is -1.67. The normalized spacial score (nSPS) is 41.2. The lowest BCUT2D eigenvalue weighted by molar-refractivity contribution is -0.201. The third-order valence-corrected chi connectivity index (χ3v) is 1.25. The fourth-order valence-corrected chi connectivity index (χ4v) is 0.470. The van der Waals surface area contributed by atoms with Gasteiger partial charge in [-0.2, -0.15) is 10.4 Å². The fourth-order valence-electron chi connectivity index (χ4n) is 0.470. The molecule has 0 aliphatic carbocycles. The van der Waals surface area contributed by atoms with Crippen LogP contribution in [0.15, 0.2) is 5.18 Å². The molecule has 1 aliphatic rings. The number of hydrogen-bond donors (Lipinski definition) is 4. The monoisotopic (exact) mass is 148 g/mol. The Hall–Kier alpha value is -0.600. The molecule has 1 fully saturated rings. The standard InChI is InChI=1S/C3H8N4O3/c1-3(6-9)2(8)4-10-7-5-3/h2,4-5,7-8H,1H3. The predicted molar refractivity (Wildman–Crippen MR) is 30.7 cm³/mol. The first-order valence-corrected chi connectivity index (χ1v) is 2.65. The Morgan fingerprint density at radius 1 is 1.80 bits per heavy atom. The molecule has 0 saturated carbocycles. The van der Waals surface area contributed by atoms with Gasteiger partial charge in [0.1, 0.15) is 0 Å². The molecule has 0 aromatic rings. The molecule has 1 heterocycles. The highest BCUT2D eigenvalue weighted by Gasteiger charge is 2.37. The molecule has 2 atom stereocenters. The number of aliphatic hydroxyl groups excluding tert-OH is 1. The van der Waals surface area contributed by atoms with E-state index in [9.17, 15) is 4.91 Å². The van der Waals surface area contributed by atoms with Crippen LogP contribution >= 0.6 is 0 Å². The van der Waals surface area contributed by atoms with Crippen LogP contribution in [-0.2, 0) is 4.94 Å². The Morgan fingerprint density at radius 2 is 2.50 bits per heavy atom. The molecule has 1 saturated heterocycles. The quantitative estimate of drug-likeness (QED) is 0.332. The van der Waals surface area contributed by atoms with Crippen LogP contribution in [0, 0.1) is 4.91 Å². The summed E-state index contributed by atoms with van der Waals surface area (Å²) in [6, 6.07) is 0. The van der Waals surface area contributed by atoms with Gasteiger partial charge in [-0.15, -0.1) is 16.0 Å². The number of nitroso groups, excluding NO2 is 1. The van der Waals surface area contributed by atoms with Crippen LogP contribution in [0.4, 0.5) is 0 Å². The van der Waals surface area contributed by atoms with E-state index in [0.717, 1.165) is 0 Å². The Kier molecular flexibility index (Phi) is 1.92. The highest BCUT2D eigenvalue weighted by atomic mass is 16.8. The van der Waals surface area contributed by atoms with Gasteiger partial charge >= 0.3 is 0 Å². The van der Waals surface area contributed by atoms with Gasteiger partial charge in [0.05, 0.1) is 0 Å². The summed E-state index contributed by atoms with van der Waals surface area (Å²) in [5, 5.41) is 11.6. The number of hydrazine groups is 1. The molecule has 4 N–H and O–H groups in total. The maximum absolute atomic E-state index is 10.1. The molecule has 10 heavy (non-hydrogen) atoms. The van der Waals surface area contributed by atoms with E-state index in [1.807, 2.05) is 0 Å². The van der Waals surface area contributed by atoms with Crippen LogP contribution in [-0.4, -0.2) is 17.0 Å². The second-order valence-corrected chi connectivity index (χ2v) is 2.09. The largest absolute Gasteiger partial charge is 0.372 e. The maximum atomic E-state index is 10.1. The summed E-state index contributed by atoms with van der Waals surface area (Å²) in [6.45, 7) is 1.41. The van der Waals surface area contributed by atoms with Crippen LogP contribution < -0.4 is 16.5 Å². The van der Waals surface area contributed by atoms with Crippen molar-refractivity contribution in [3.8, 4) is 0 Å². The molecule has 2 unspecified atom stereocenters. The molecule has 0 bridgehead atoms. The minimum atomic E-state index is -1.29. The molecule has 58 valence electrons. The topological polar surface area (TPSA) is 95.0 Å². The lowest BCUT2D eigenvalue weighted by Gasteiger charge is -2.32. The Balaban J connectivity index is 2.62. The van der Waals surface area contributed by atoms with Gasteiger partial charge in [-0.05, 0) is 12.1 Å². The molecule has 0 aromatic heterocycles. The van der Waals surface area contributed by atoms with Gasteiger partial charge in [0.2, 0.25) is 5.66 Å². The summed E-state index contributed by atoms with van der Waals surface area (Å²) < 4.78 is 0. The van der Waals surface area contributed by atoms with E-state index in [1.165, 1.54) is 6.92 Å². The molecule has 0 spiro atoms. The third-order valence-electron chi connectivity index (χ3n) is 1.25. The van der Waals surface area contributed by atoms with Crippen molar-refractivity contribution in [2.24, 2.45) is 5.18 Å². The van der Waals surface area contributed by atoms with Crippen LogP contribution in [0.3, 0.4) is 0 Å². The summed E-state index contributed by atoms with van der Waals surface area (Å²) in [7, 11) is 0. The number of rotatable bonds is 1. The van der Waals surface area contributed by atoms with Gasteiger partial charge in [0, 0.05) is 0 Å². The Morgan fingerprint density at radius 3 is 2.90 bits per heavy atom. The van der Waals surface area contributed by atoms with E-state index in [2.05, 4.69) is 26.6 Å². The average molecular weight is 148 g/mol. The van der Waals surface area contributed by atoms with Crippen LogP contribution in [0.5, 0.6) is 0 Å². The van der Waals surface area contributed by atoms with E-state index < -0.39 is 11.9 Å². The van der Waals surface area contributed by atoms with Crippen molar-refractivity contribution >= 4 is 0 Å². The van der Waals surface area contributed by atoms with Gasteiger partial charge in [-0.1, -0.05) is 0 Å². The second kappa shape index (κ2) is 2.56. The van der Waals surface area contributed by atoms with Gasteiger partial charge < -0.3 is 5.11 Å². The fraction of sp³-hybridized carbons (Fsp3) is 1.00. The zero-order valence-corrected chi connectivity index (χ0v) is 5.29. The summed E-state index contributed by atoms with van der Waals surface area (Å²) in [5.74, 6) is 0. The Bertz CT molecular complexity index is 142. The lowest BCUT2D eigenvalue weighted by Crippen LogP contribution is -2.67. The molecule has 7 heteroatoms. The van der Waals surface area contributed by atoms with Crippen molar-refractivity contribution < 1.29 is 10.0 Å². The van der Waals surface area contributed by atoms with Gasteiger partial charge in [0.15, 0.2) is 6.23 Å². The summed E-state index contributed by atoms with van der Waals surface area (Å²) in [6.07, 6.45) is -1.16. The number of hydroxylamine groups is 1. The molecule has 0 amide bonds. The number of hydrogen-bond acceptors (Lipinski definition) is 7. The van der Waals surface area contributed by atoms with Crippen LogP contribution in [0.1, 0.15) is 6.92 Å². The van der Waals surface area contributed by atoms with Gasteiger partial charge in [-0.25, -0.2) is 0 Å². The van der Waals surface area contributed by atoms with Crippen LogP contribution in [0.25, 0.3) is 0 Å². The first-order chi connectivity index (χ1) is 4.69. The van der Waals surface area contributed by atoms with Gasteiger partial charge in [0.25, 0.3) is 0 Å². The van der Waals surface area contributed by atoms with E-state index in [0.29, 0.717) is 0 Å². The molecular formula is C3H8N4O3. The van der Waals surface area contributed by atoms with E-state index >= 15 is 0 Å². The third kappa shape index (κ3) is 1.13. The molecule has 0 radical (unpaired) electrons. The van der Waals surface area contributed by atoms with Crippen molar-refractivity contribution in [3.63, 3.8) is 0 Å². The second-order valence-electron chi connectivity index (χ2n) is 2.09. The zero-order chi connectivity index (χ0) is 7.61. The molecule has 1 aliphatic heterocycles. The number of nitrogens with zero attached hydrogens (tertiary/aromatic N) is 1. The molecule has 7 nitrogen and oxygen atoms in total. The van der Waals surface area contributed by atoms with Crippen LogP contribution in [0.2, 0.25) is 0 Å². The number of nitrogens with one attached hydrogen (secondary N) is 3. The summed E-state index contributed by atoms with van der Waals surface area (Å²) in [4.78, 5) is 14.4. The van der Waals surface area contributed by atoms with Gasteiger partial charge in [-0.3, -0.25) is 0 Å². The van der Waals surface area contributed by atoms with Crippen molar-refractivity contribution in [3.05, 3.63) is 4.91 Å². The van der Waals surface area contributed by atoms with Crippen molar-refractivity contribution in [2.75, 3.05) is 0 Å². The van der Waals surface area contributed by atoms with E-state index in [1.54, 1.807) is 0 Å². The smallest absolute Gasteiger partial charge is 0.205 e. The summed E-state index contributed by atoms with van der Waals surface area (Å²) in [5.41, 5.74) is 5.29. The van der Waals surface area contributed by atoms with Crippen molar-refractivity contribution in [2.45, 2.75) is 18.8 Å². The SMILES string of the molecule is CC1(N=O)NNONC1O. The minimum absolute atomic E-state index is 1.16. The molecular weight excluding hydrogens is 140 g/mol. The zero-order valence-electron chi connectivity index (χ0n) is 5.29. The van der Waals surface area contributed by atoms with E-state index in [4.69, 9.17) is 5.11 Å². The van der Waals surface area contributed by atoms with Crippen molar-refractivity contribution in [1.29, 1.82) is 0 Å². The first-order valence-electron chi connectivity index (χ1n) is 2.65. The Labute approximate surface area is 56.6 Å². The van der Waals surface area contributed by atoms with E-state index in [-0.39, 0.29) is 0 Å². The first kappa shape index (κ1) is 7.51. The number of aliphatic hydroxyl groups is 1. The molecule has 0 aromatic carbocycles. The summed E-state index contributed by atoms with van der Waals surface area (Å²) >= 11 is 0. The maximum Gasteiger partial charge on any atom is 0.205 e. The minimum Gasteiger partial charge on any atom is -0.372 e.